The van der Waals surface area contributed by atoms with Gasteiger partial charge in [0.2, 0.25) is 47.3 Å². The van der Waals surface area contributed by atoms with Crippen LogP contribution in [0.3, 0.4) is 0 Å². The molecule has 4 aromatic rings. The van der Waals surface area contributed by atoms with Gasteiger partial charge in [0, 0.05) is 54.8 Å². The van der Waals surface area contributed by atoms with Crippen molar-refractivity contribution in [2.24, 2.45) is 17.2 Å². The molecule has 0 aliphatic carbocycles. The van der Waals surface area contributed by atoms with Crippen LogP contribution in [0.15, 0.2) is 73.3 Å². The van der Waals surface area contributed by atoms with E-state index in [2.05, 4.69) is 62.5 Å². The number of imidazole rings is 1. The average molecular weight is 1030 g/mol. The number of rotatable bonds is 33. The van der Waals surface area contributed by atoms with E-state index in [4.69, 9.17) is 17.2 Å². The number of likely N-dealkylation sites (N-methyl/N-ethyl adjacent to an activating group) is 1. The number of benzene rings is 2. The number of hydrogen-bond donors (Lipinski definition) is 14. The highest BCUT2D eigenvalue weighted by Gasteiger charge is 2.35. The van der Waals surface area contributed by atoms with Crippen molar-refractivity contribution >= 4 is 64.1 Å². The van der Waals surface area contributed by atoms with Gasteiger partial charge in [-0.3, -0.25) is 54.8 Å². The van der Waals surface area contributed by atoms with Crippen LogP contribution in [0, 0.1) is 0 Å². The van der Waals surface area contributed by atoms with Crippen LogP contribution in [0.25, 0.3) is 10.9 Å². The fourth-order valence-electron chi connectivity index (χ4n) is 8.12. The maximum Gasteiger partial charge on any atom is 0.338 e. The van der Waals surface area contributed by atoms with Gasteiger partial charge in [-0.1, -0.05) is 88.6 Å². The van der Waals surface area contributed by atoms with Crippen molar-refractivity contribution in [1.82, 2.24) is 57.5 Å². The van der Waals surface area contributed by atoms with E-state index in [9.17, 15) is 38.4 Å². The molecule has 0 radical (unpaired) electrons. The van der Waals surface area contributed by atoms with E-state index in [1.165, 1.54) is 12.5 Å². The van der Waals surface area contributed by atoms with Gasteiger partial charge >= 0.3 is 5.96 Å². The highest BCUT2D eigenvalue weighted by Crippen LogP contribution is 2.20. The largest absolute Gasteiger partial charge is 0.368 e. The van der Waals surface area contributed by atoms with Gasteiger partial charge in [0.1, 0.15) is 36.3 Å². The molecule has 17 N–H and O–H groups in total. The van der Waals surface area contributed by atoms with Crippen molar-refractivity contribution in [2.45, 2.75) is 140 Å². The molecular weight excluding hydrogens is 951 g/mol. The predicted octanol–water partition coefficient (Wildman–Crippen LogP) is -2.06. The van der Waals surface area contributed by atoms with Crippen molar-refractivity contribution in [1.29, 1.82) is 0 Å². The van der Waals surface area contributed by atoms with Crippen molar-refractivity contribution in [2.75, 3.05) is 20.1 Å². The van der Waals surface area contributed by atoms with E-state index >= 15 is 0 Å². The quantitative estimate of drug-likeness (QED) is 0.0139. The maximum atomic E-state index is 14.7. The van der Waals surface area contributed by atoms with E-state index < -0.39 is 96.0 Å². The van der Waals surface area contributed by atoms with Crippen LogP contribution in [0.5, 0.6) is 0 Å². The third-order valence-corrected chi connectivity index (χ3v) is 12.3. The van der Waals surface area contributed by atoms with E-state index in [-0.39, 0.29) is 51.0 Å². The number of aromatic nitrogens is 3. The molecule has 2 aromatic heterocycles. The van der Waals surface area contributed by atoms with Crippen LogP contribution in [0.4, 0.5) is 0 Å². The molecule has 0 spiro atoms. The summed E-state index contributed by atoms with van der Waals surface area (Å²) < 4.78 is 0. The summed E-state index contributed by atoms with van der Waals surface area (Å²) in [5.74, 6) is -5.69. The molecule has 0 bridgehead atoms. The minimum absolute atomic E-state index is 0.00532. The number of H-pyrrole nitrogens is 2. The summed E-state index contributed by atoms with van der Waals surface area (Å²) in [6.07, 6.45) is 7.87. The number of guanidine groups is 1. The molecule has 0 aliphatic rings. The predicted molar refractivity (Wildman–Crippen MR) is 279 cm³/mol. The molecule has 74 heavy (non-hydrogen) atoms. The van der Waals surface area contributed by atoms with Gasteiger partial charge in [0.25, 0.3) is 0 Å². The van der Waals surface area contributed by atoms with Gasteiger partial charge in [0.15, 0.2) is 0 Å². The first-order valence-corrected chi connectivity index (χ1v) is 25.3. The van der Waals surface area contributed by atoms with Crippen LogP contribution < -0.4 is 64.7 Å². The molecule has 0 aliphatic heterocycles. The first-order chi connectivity index (χ1) is 35.6. The Labute approximate surface area is 431 Å². The van der Waals surface area contributed by atoms with Gasteiger partial charge in [-0.05, 0) is 56.3 Å². The molecule has 2 heterocycles. The Morgan fingerprint density at radius 2 is 1.16 bits per heavy atom. The second kappa shape index (κ2) is 30.9. The molecule has 23 nitrogen and oxygen atoms in total. The highest BCUT2D eigenvalue weighted by molar-refractivity contribution is 5.98. The number of hydrogen-bond acceptors (Lipinski definition) is 10. The number of fused-ring (bicyclic) bond motifs is 1. The molecule has 7 unspecified atom stereocenters. The minimum atomic E-state index is -1.39. The summed E-state index contributed by atoms with van der Waals surface area (Å²) in [6, 6.07) is 7.76. The summed E-state index contributed by atoms with van der Waals surface area (Å²) >= 11 is 0. The zero-order valence-electron chi connectivity index (χ0n) is 42.8. The second-order valence-electron chi connectivity index (χ2n) is 18.1. The number of para-hydroxylation sites is 1. The van der Waals surface area contributed by atoms with E-state index in [1.807, 2.05) is 38.1 Å². The number of nitrogens with zero attached hydrogens (tertiary/aromatic N) is 1. The Kier molecular flexibility index (Phi) is 24.5. The molecule has 0 saturated carbocycles. The number of nitrogens with two attached hydrogens (primary N) is 3. The van der Waals surface area contributed by atoms with Gasteiger partial charge < -0.3 is 58.2 Å². The third-order valence-electron chi connectivity index (χ3n) is 12.3. The summed E-state index contributed by atoms with van der Waals surface area (Å²) in [7, 11) is 1.62. The second-order valence-corrected chi connectivity index (χ2v) is 18.1. The van der Waals surface area contributed by atoms with Crippen LogP contribution in [0.1, 0.15) is 95.4 Å². The van der Waals surface area contributed by atoms with Crippen LogP contribution >= 0.6 is 0 Å². The number of carbonyl (C=O) groups is 8. The SMILES string of the molecule is CCCCNC(=O)CC(NC(=O)C(CCCC)NC)C(=O)NC(Cc1cnc[nH]1)C(=O)NC(Cc1ccccc1)C(=O)NC(CCC[NH+]=C(N)N)C(=O)NC(Cc1c[nH]c2ccccc12)C(=O)NC(CC)C(N)=O. The number of aromatic amines is 2. The number of primary amides is 1. The van der Waals surface area contributed by atoms with E-state index in [0.29, 0.717) is 36.2 Å². The Morgan fingerprint density at radius 1 is 0.608 bits per heavy atom. The Morgan fingerprint density at radius 3 is 1.77 bits per heavy atom. The zero-order valence-corrected chi connectivity index (χ0v) is 42.8. The minimum Gasteiger partial charge on any atom is -0.368 e. The Balaban J connectivity index is 1.68. The lowest BCUT2D eigenvalue weighted by molar-refractivity contribution is -0.459. The summed E-state index contributed by atoms with van der Waals surface area (Å²) in [5, 5.41) is 23.0. The first kappa shape index (κ1) is 58.7. The molecule has 0 fully saturated rings. The lowest BCUT2D eigenvalue weighted by Crippen LogP contribution is -2.78. The molecule has 2 aromatic carbocycles. The van der Waals surface area contributed by atoms with Crippen molar-refractivity contribution in [3.8, 4) is 0 Å². The molecule has 4 rings (SSSR count). The standard InChI is InChI=1S/C51H75N15O8/c1-5-8-19-37(55-4)45(69)66-42(27-43(67)57-22-9-6-2)50(74)65-41(26-33-29-56-30-60-33)49(73)63-39(24-31-16-11-10-12-17-31)47(71)62-38(21-15-23-58-51(53)54)46(70)64-40(48(72)61-35(7-3)44(52)68)25-32-28-59-36-20-14-13-18-34(32)36/h10-14,16-18,20,28-30,35,37-42,55,59H,5-9,15,19,21-27H2,1-4H3,(H2,52,68)(H,56,60)(H,57,67)(H,61,72)(H,62,71)(H,63,73)(H,64,70)(H,65,74)(H,66,69)(H4,53,54,58)/p+1. The van der Waals surface area contributed by atoms with Gasteiger partial charge in [-0.2, -0.15) is 0 Å². The number of nitrogens with one attached hydrogen (secondary N) is 11. The van der Waals surface area contributed by atoms with E-state index in [1.54, 1.807) is 50.5 Å². The zero-order chi connectivity index (χ0) is 54.0. The van der Waals surface area contributed by atoms with Gasteiger partial charge in [0.05, 0.1) is 25.3 Å². The fourth-order valence-corrected chi connectivity index (χ4v) is 8.12. The third kappa shape index (κ3) is 19.3. The lowest BCUT2D eigenvalue weighted by atomic mass is 10.0. The summed E-state index contributed by atoms with van der Waals surface area (Å²) in [5.41, 5.74) is 19.4. The Bertz CT molecular complexity index is 2480. The van der Waals surface area contributed by atoms with Crippen molar-refractivity contribution < 1.29 is 43.3 Å². The molecule has 0 saturated heterocycles. The molecule has 8 amide bonds. The summed E-state index contributed by atoms with van der Waals surface area (Å²) in [6.45, 7) is 6.19. The molecular formula is C51H76N15O8+. The number of amides is 8. The highest BCUT2D eigenvalue weighted by atomic mass is 16.2. The van der Waals surface area contributed by atoms with Crippen LogP contribution in [-0.2, 0) is 57.6 Å². The van der Waals surface area contributed by atoms with Crippen LogP contribution in [-0.4, -0.2) is 131 Å². The molecule has 23 heteroatoms. The van der Waals surface area contributed by atoms with Gasteiger partial charge in [-0.15, -0.1) is 0 Å². The Hall–Kier alpha value is -7.82. The summed E-state index contributed by atoms with van der Waals surface area (Å²) in [4.78, 5) is 124. The van der Waals surface area contributed by atoms with Gasteiger partial charge in [-0.25, -0.2) is 4.98 Å². The maximum absolute atomic E-state index is 14.7. The van der Waals surface area contributed by atoms with Crippen molar-refractivity contribution in [3.63, 3.8) is 0 Å². The average Bonchev–Trinajstić information content (AvgIpc) is 4.06. The topological polar surface area (TPSA) is 369 Å². The number of carbonyl (C=O) groups excluding carboxylic acids is 8. The number of unbranched alkanes of at least 4 members (excludes halogenated alkanes) is 2. The molecule has 7 atom stereocenters. The normalized spacial score (nSPS) is 13.9. The monoisotopic (exact) mass is 1030 g/mol. The first-order valence-electron chi connectivity index (χ1n) is 25.3. The molecule has 402 valence electrons. The fraction of sp³-hybridized carbons (Fsp3) is 0.490. The van der Waals surface area contributed by atoms with Crippen LogP contribution in [0.2, 0.25) is 0 Å². The lowest BCUT2D eigenvalue weighted by Gasteiger charge is -2.28. The van der Waals surface area contributed by atoms with E-state index in [0.717, 1.165) is 30.2 Å². The smallest absolute Gasteiger partial charge is 0.338 e. The van der Waals surface area contributed by atoms with Crippen molar-refractivity contribution in [3.05, 3.63) is 90.1 Å².